The maximum Gasteiger partial charge on any atom is 0.236 e. The van der Waals surface area contributed by atoms with Crippen LogP contribution in [0.1, 0.15) is 31.7 Å². The molecule has 1 aliphatic rings. The topological polar surface area (TPSA) is 40.6 Å². The molecular weight excluding hydrogens is 336 g/mol. The summed E-state index contributed by atoms with van der Waals surface area (Å²) < 4.78 is 0. The van der Waals surface area contributed by atoms with Gasteiger partial charge in [0.2, 0.25) is 11.8 Å². The minimum atomic E-state index is -0.125. The summed E-state index contributed by atoms with van der Waals surface area (Å²) in [6.45, 7) is 4.00. The summed E-state index contributed by atoms with van der Waals surface area (Å²) in [7, 11) is 0. The van der Waals surface area contributed by atoms with Gasteiger partial charge in [-0.3, -0.25) is 9.59 Å². The number of rotatable bonds is 6. The van der Waals surface area contributed by atoms with Gasteiger partial charge in [-0.25, -0.2) is 0 Å². The molecule has 0 aromatic heterocycles. The maximum absolute atomic E-state index is 12.6. The van der Waals surface area contributed by atoms with Crippen molar-refractivity contribution in [2.45, 2.75) is 32.6 Å². The number of carbonyl (C=O) groups excluding carboxylic acids is 2. The molecule has 0 atom stereocenters. The van der Waals surface area contributed by atoms with E-state index in [4.69, 9.17) is 0 Å². The van der Waals surface area contributed by atoms with Gasteiger partial charge in [0.15, 0.2) is 0 Å². The molecule has 2 amide bonds. The number of para-hydroxylation sites is 1. The van der Waals surface area contributed by atoms with E-state index in [1.165, 1.54) is 5.56 Å². The highest BCUT2D eigenvalue weighted by atomic mass is 16.2. The Hall–Kier alpha value is -2.62. The Kier molecular flexibility index (Phi) is 6.64. The highest BCUT2D eigenvalue weighted by Gasteiger charge is 2.26. The van der Waals surface area contributed by atoms with Gasteiger partial charge in [0.25, 0.3) is 0 Å². The van der Waals surface area contributed by atoms with Crippen LogP contribution in [0, 0.1) is 5.92 Å². The molecule has 142 valence electrons. The van der Waals surface area contributed by atoms with Crippen LogP contribution < -0.4 is 4.90 Å². The molecule has 2 aromatic carbocycles. The first kappa shape index (κ1) is 19.2. The van der Waals surface area contributed by atoms with E-state index in [9.17, 15) is 9.59 Å². The average Bonchev–Trinajstić information content (AvgIpc) is 2.70. The first-order valence-electron chi connectivity index (χ1n) is 9.84. The fraction of sp³-hybridized carbons (Fsp3) is 0.391. The molecule has 4 heteroatoms. The lowest BCUT2D eigenvalue weighted by atomic mass is 9.90. The highest BCUT2D eigenvalue weighted by molar-refractivity contribution is 6.04. The Morgan fingerprint density at radius 3 is 2.15 bits per heavy atom. The molecule has 4 nitrogen and oxygen atoms in total. The second-order valence-electron chi connectivity index (χ2n) is 7.16. The molecular formula is C23H28N2O2. The summed E-state index contributed by atoms with van der Waals surface area (Å²) >= 11 is 0. The summed E-state index contributed by atoms with van der Waals surface area (Å²) in [4.78, 5) is 28.8. The molecule has 1 saturated heterocycles. The first-order chi connectivity index (χ1) is 13.2. The Morgan fingerprint density at radius 2 is 1.56 bits per heavy atom. The SMILES string of the molecule is CCN(C(=O)CC(=O)N1CCC(Cc2ccccc2)CC1)c1ccccc1. The zero-order valence-electron chi connectivity index (χ0n) is 16.0. The predicted octanol–water partition coefficient (Wildman–Crippen LogP) is 3.91. The minimum absolute atomic E-state index is 0.0486. The molecule has 0 radical (unpaired) electrons. The summed E-state index contributed by atoms with van der Waals surface area (Å²) in [5, 5.41) is 0. The van der Waals surface area contributed by atoms with Gasteiger partial charge in [-0.2, -0.15) is 0 Å². The highest BCUT2D eigenvalue weighted by Crippen LogP contribution is 2.22. The lowest BCUT2D eigenvalue weighted by Gasteiger charge is -2.32. The number of piperidine rings is 1. The van der Waals surface area contributed by atoms with Gasteiger partial charge in [-0.15, -0.1) is 0 Å². The van der Waals surface area contributed by atoms with Gasteiger partial charge in [0.05, 0.1) is 0 Å². The number of carbonyl (C=O) groups is 2. The van der Waals surface area contributed by atoms with E-state index in [0.29, 0.717) is 12.5 Å². The van der Waals surface area contributed by atoms with Gasteiger partial charge in [0.1, 0.15) is 6.42 Å². The number of likely N-dealkylation sites (tertiary alicyclic amines) is 1. The van der Waals surface area contributed by atoms with Gasteiger partial charge in [-0.1, -0.05) is 48.5 Å². The molecule has 1 aliphatic heterocycles. The molecule has 0 saturated carbocycles. The number of nitrogens with zero attached hydrogens (tertiary/aromatic N) is 2. The van der Waals surface area contributed by atoms with Crippen LogP contribution in [0.25, 0.3) is 0 Å². The van der Waals surface area contributed by atoms with Crippen LogP contribution in [-0.2, 0) is 16.0 Å². The van der Waals surface area contributed by atoms with Crippen LogP contribution in [0.2, 0.25) is 0 Å². The largest absolute Gasteiger partial charge is 0.342 e. The predicted molar refractivity (Wildman–Crippen MR) is 109 cm³/mol. The van der Waals surface area contributed by atoms with E-state index in [0.717, 1.165) is 38.0 Å². The number of anilines is 1. The molecule has 0 N–H and O–H groups in total. The molecule has 1 fully saturated rings. The van der Waals surface area contributed by atoms with Crippen molar-refractivity contribution in [3.05, 3.63) is 66.2 Å². The molecule has 27 heavy (non-hydrogen) atoms. The Labute approximate surface area is 161 Å². The number of hydrogen-bond donors (Lipinski definition) is 0. The van der Waals surface area contributed by atoms with Crippen LogP contribution in [0.5, 0.6) is 0 Å². The molecule has 0 aliphatic carbocycles. The molecule has 3 rings (SSSR count). The molecule has 0 unspecified atom stereocenters. The van der Waals surface area contributed by atoms with Crippen molar-refractivity contribution in [1.29, 1.82) is 0 Å². The summed E-state index contributed by atoms with van der Waals surface area (Å²) in [5.41, 5.74) is 2.21. The van der Waals surface area contributed by atoms with E-state index < -0.39 is 0 Å². The van der Waals surface area contributed by atoms with Crippen LogP contribution in [0.3, 0.4) is 0 Å². The van der Waals surface area contributed by atoms with Crippen LogP contribution in [0.4, 0.5) is 5.69 Å². The lowest BCUT2D eigenvalue weighted by molar-refractivity contribution is -0.136. The van der Waals surface area contributed by atoms with Crippen molar-refractivity contribution in [3.8, 4) is 0 Å². The Morgan fingerprint density at radius 1 is 0.963 bits per heavy atom. The van der Waals surface area contributed by atoms with Crippen molar-refractivity contribution >= 4 is 17.5 Å². The lowest BCUT2D eigenvalue weighted by Crippen LogP contribution is -2.42. The molecule has 0 bridgehead atoms. The van der Waals surface area contributed by atoms with Gasteiger partial charge >= 0.3 is 0 Å². The minimum Gasteiger partial charge on any atom is -0.342 e. The van der Waals surface area contributed by atoms with Crippen molar-refractivity contribution < 1.29 is 9.59 Å². The van der Waals surface area contributed by atoms with Crippen LogP contribution >= 0.6 is 0 Å². The smallest absolute Gasteiger partial charge is 0.236 e. The molecule has 1 heterocycles. The fourth-order valence-electron chi connectivity index (χ4n) is 3.78. The van der Waals surface area contributed by atoms with Crippen molar-refractivity contribution in [1.82, 2.24) is 4.90 Å². The van der Waals surface area contributed by atoms with E-state index in [2.05, 4.69) is 24.3 Å². The van der Waals surface area contributed by atoms with E-state index >= 15 is 0 Å². The monoisotopic (exact) mass is 364 g/mol. The summed E-state index contributed by atoms with van der Waals surface area (Å²) in [5.74, 6) is 0.441. The quantitative estimate of drug-likeness (QED) is 0.729. The Balaban J connectivity index is 1.49. The standard InChI is InChI=1S/C23H28N2O2/c1-2-25(21-11-7-4-8-12-21)23(27)18-22(26)24-15-13-20(14-16-24)17-19-9-5-3-6-10-19/h3-12,20H,2,13-18H2,1H3. The summed E-state index contributed by atoms with van der Waals surface area (Å²) in [6, 6.07) is 20.1. The Bertz CT molecular complexity index is 737. The number of benzene rings is 2. The van der Waals surface area contributed by atoms with E-state index in [1.54, 1.807) is 4.90 Å². The third-order valence-corrected chi connectivity index (χ3v) is 5.32. The summed E-state index contributed by atoms with van der Waals surface area (Å²) in [6.07, 6.45) is 3.03. The van der Waals surface area contributed by atoms with Gasteiger partial charge in [0, 0.05) is 25.3 Å². The average molecular weight is 364 g/mol. The van der Waals surface area contributed by atoms with E-state index in [-0.39, 0.29) is 18.2 Å². The number of hydrogen-bond acceptors (Lipinski definition) is 2. The third kappa shape index (κ3) is 5.19. The van der Waals surface area contributed by atoms with Gasteiger partial charge in [-0.05, 0) is 49.8 Å². The second kappa shape index (κ2) is 9.36. The molecule has 2 aromatic rings. The third-order valence-electron chi connectivity index (χ3n) is 5.32. The first-order valence-corrected chi connectivity index (χ1v) is 9.84. The van der Waals surface area contributed by atoms with E-state index in [1.807, 2.05) is 48.2 Å². The second-order valence-corrected chi connectivity index (χ2v) is 7.16. The van der Waals surface area contributed by atoms with Crippen LogP contribution in [-0.4, -0.2) is 36.3 Å². The van der Waals surface area contributed by atoms with Crippen molar-refractivity contribution in [2.75, 3.05) is 24.5 Å². The maximum atomic E-state index is 12.6. The zero-order chi connectivity index (χ0) is 19.1. The molecule has 0 spiro atoms. The normalized spacial score (nSPS) is 14.8. The van der Waals surface area contributed by atoms with Gasteiger partial charge < -0.3 is 9.80 Å². The van der Waals surface area contributed by atoms with Crippen LogP contribution in [0.15, 0.2) is 60.7 Å². The zero-order valence-corrected chi connectivity index (χ0v) is 16.0. The fourth-order valence-corrected chi connectivity index (χ4v) is 3.78. The number of amides is 2. The van der Waals surface area contributed by atoms with Crippen molar-refractivity contribution in [2.24, 2.45) is 5.92 Å². The van der Waals surface area contributed by atoms with Crippen molar-refractivity contribution in [3.63, 3.8) is 0 Å².